The van der Waals surface area contributed by atoms with E-state index in [0.717, 1.165) is 33.6 Å². The molecule has 0 aliphatic heterocycles. The van der Waals surface area contributed by atoms with E-state index in [9.17, 15) is 0 Å². The first-order valence-electron chi connectivity index (χ1n) is 9.99. The number of aromatic nitrogens is 3. The Labute approximate surface area is 175 Å². The molecule has 1 aliphatic carbocycles. The molecule has 5 nitrogen and oxygen atoms in total. The molecule has 0 unspecified atom stereocenters. The zero-order chi connectivity index (χ0) is 20.1. The lowest BCUT2D eigenvalue weighted by molar-refractivity contribution is 0.339. The van der Waals surface area contributed by atoms with Crippen molar-refractivity contribution in [3.8, 4) is 23.2 Å². The second kappa shape index (κ2) is 9.15. The van der Waals surface area contributed by atoms with Gasteiger partial charge in [0.2, 0.25) is 0 Å². The van der Waals surface area contributed by atoms with Crippen molar-refractivity contribution < 1.29 is 4.74 Å². The van der Waals surface area contributed by atoms with Crippen molar-refractivity contribution in [3.63, 3.8) is 0 Å². The summed E-state index contributed by atoms with van der Waals surface area (Å²) in [5, 5.41) is 19.2. The Kier molecular flexibility index (Phi) is 6.16. The molecular weight excluding hydrogens is 380 g/mol. The van der Waals surface area contributed by atoms with Crippen LogP contribution >= 0.6 is 11.8 Å². The summed E-state index contributed by atoms with van der Waals surface area (Å²) in [7, 11) is 1.68. The van der Waals surface area contributed by atoms with Crippen molar-refractivity contribution in [1.29, 1.82) is 5.26 Å². The fraction of sp³-hybridized carbons (Fsp3) is 0.348. The van der Waals surface area contributed by atoms with Crippen LogP contribution in [0.3, 0.4) is 0 Å². The van der Waals surface area contributed by atoms with Crippen LogP contribution in [-0.4, -0.2) is 21.9 Å². The van der Waals surface area contributed by atoms with Crippen LogP contribution < -0.4 is 4.74 Å². The third kappa shape index (κ3) is 4.46. The molecule has 29 heavy (non-hydrogen) atoms. The van der Waals surface area contributed by atoms with Crippen LogP contribution in [0.4, 0.5) is 0 Å². The molecule has 1 aromatic heterocycles. The average Bonchev–Trinajstić information content (AvgIpc) is 3.22. The van der Waals surface area contributed by atoms with Crippen molar-refractivity contribution in [2.75, 3.05) is 7.11 Å². The maximum Gasteiger partial charge on any atom is 0.192 e. The van der Waals surface area contributed by atoms with Gasteiger partial charge in [0, 0.05) is 17.4 Å². The topological polar surface area (TPSA) is 63.7 Å². The molecule has 4 rings (SSSR count). The number of hydrogen-bond acceptors (Lipinski definition) is 5. The Hall–Kier alpha value is -2.78. The minimum Gasteiger partial charge on any atom is -0.497 e. The summed E-state index contributed by atoms with van der Waals surface area (Å²) in [4.78, 5) is 0. The second-order valence-electron chi connectivity index (χ2n) is 7.30. The minimum absolute atomic E-state index is 0.434. The van der Waals surface area contributed by atoms with E-state index >= 15 is 0 Å². The molecule has 0 radical (unpaired) electrons. The quantitative estimate of drug-likeness (QED) is 0.499. The second-order valence-corrected chi connectivity index (χ2v) is 8.24. The maximum absolute atomic E-state index is 9.14. The van der Waals surface area contributed by atoms with Gasteiger partial charge in [0.25, 0.3) is 0 Å². The van der Waals surface area contributed by atoms with E-state index in [1.54, 1.807) is 18.9 Å². The monoisotopic (exact) mass is 404 g/mol. The van der Waals surface area contributed by atoms with Gasteiger partial charge in [-0.1, -0.05) is 43.2 Å². The molecule has 1 saturated carbocycles. The number of thioether (sulfide) groups is 1. The van der Waals surface area contributed by atoms with Crippen LogP contribution in [0.2, 0.25) is 0 Å². The number of hydrogen-bond donors (Lipinski definition) is 0. The SMILES string of the molecule is COc1ccc(-c2nnc(SCc3cccc(C#N)c3)n2C2CCCCC2)cc1. The summed E-state index contributed by atoms with van der Waals surface area (Å²) in [5.41, 5.74) is 2.87. The van der Waals surface area contributed by atoms with Crippen molar-refractivity contribution in [3.05, 3.63) is 59.7 Å². The lowest BCUT2D eigenvalue weighted by Gasteiger charge is -2.25. The molecule has 0 spiro atoms. The summed E-state index contributed by atoms with van der Waals surface area (Å²) < 4.78 is 7.63. The van der Waals surface area contributed by atoms with Gasteiger partial charge in [-0.2, -0.15) is 5.26 Å². The van der Waals surface area contributed by atoms with E-state index in [-0.39, 0.29) is 0 Å². The van der Waals surface area contributed by atoms with E-state index in [0.29, 0.717) is 11.6 Å². The average molecular weight is 405 g/mol. The van der Waals surface area contributed by atoms with E-state index in [1.807, 2.05) is 42.5 Å². The molecule has 0 saturated heterocycles. The first-order valence-corrected chi connectivity index (χ1v) is 11.0. The first-order chi connectivity index (χ1) is 14.3. The maximum atomic E-state index is 9.14. The predicted octanol–water partition coefficient (Wildman–Crippen LogP) is 5.62. The van der Waals surface area contributed by atoms with Crippen molar-refractivity contribution in [2.24, 2.45) is 0 Å². The molecular formula is C23H24N4OS. The highest BCUT2D eigenvalue weighted by Gasteiger charge is 2.24. The largest absolute Gasteiger partial charge is 0.497 e. The molecule has 1 heterocycles. The van der Waals surface area contributed by atoms with Crippen LogP contribution in [0.1, 0.15) is 49.3 Å². The number of benzene rings is 2. The summed E-state index contributed by atoms with van der Waals surface area (Å²) in [6.45, 7) is 0. The van der Waals surface area contributed by atoms with Crippen molar-refractivity contribution >= 4 is 11.8 Å². The van der Waals surface area contributed by atoms with Crippen molar-refractivity contribution in [2.45, 2.75) is 49.1 Å². The van der Waals surface area contributed by atoms with Crippen LogP contribution in [0.25, 0.3) is 11.4 Å². The number of methoxy groups -OCH3 is 1. The van der Waals surface area contributed by atoms with E-state index in [4.69, 9.17) is 10.00 Å². The van der Waals surface area contributed by atoms with Gasteiger partial charge in [0.05, 0.1) is 18.7 Å². The molecule has 1 fully saturated rings. The number of nitriles is 1. The van der Waals surface area contributed by atoms with Crippen molar-refractivity contribution in [1.82, 2.24) is 14.8 Å². The van der Waals surface area contributed by atoms with Crippen LogP contribution in [0, 0.1) is 11.3 Å². The zero-order valence-electron chi connectivity index (χ0n) is 16.5. The van der Waals surface area contributed by atoms with Gasteiger partial charge in [-0.3, -0.25) is 4.57 Å². The van der Waals surface area contributed by atoms with Gasteiger partial charge in [-0.15, -0.1) is 10.2 Å². The van der Waals surface area contributed by atoms with E-state index < -0.39 is 0 Å². The Morgan fingerprint density at radius 2 is 1.90 bits per heavy atom. The first kappa shape index (κ1) is 19.5. The number of ether oxygens (including phenoxy) is 1. The zero-order valence-corrected chi connectivity index (χ0v) is 17.4. The normalized spacial score (nSPS) is 14.5. The smallest absolute Gasteiger partial charge is 0.192 e. The third-order valence-corrected chi connectivity index (χ3v) is 6.39. The van der Waals surface area contributed by atoms with Crippen LogP contribution in [0.5, 0.6) is 5.75 Å². The fourth-order valence-corrected chi connectivity index (χ4v) is 4.81. The van der Waals surface area contributed by atoms with Crippen LogP contribution in [0.15, 0.2) is 53.7 Å². The molecule has 3 aromatic rings. The van der Waals surface area contributed by atoms with Gasteiger partial charge >= 0.3 is 0 Å². The van der Waals surface area contributed by atoms with Gasteiger partial charge in [0.15, 0.2) is 11.0 Å². The Balaban J connectivity index is 1.63. The van der Waals surface area contributed by atoms with Crippen LogP contribution in [-0.2, 0) is 5.75 Å². The van der Waals surface area contributed by atoms with Gasteiger partial charge < -0.3 is 4.74 Å². The van der Waals surface area contributed by atoms with Gasteiger partial charge in [-0.05, 0) is 54.8 Å². The predicted molar refractivity (Wildman–Crippen MR) is 115 cm³/mol. The Morgan fingerprint density at radius 3 is 2.62 bits per heavy atom. The lowest BCUT2D eigenvalue weighted by atomic mass is 9.95. The molecule has 2 aromatic carbocycles. The Morgan fingerprint density at radius 1 is 1.10 bits per heavy atom. The fourth-order valence-electron chi connectivity index (χ4n) is 3.86. The summed E-state index contributed by atoms with van der Waals surface area (Å²) >= 11 is 1.69. The summed E-state index contributed by atoms with van der Waals surface area (Å²) in [6, 6.07) is 18.4. The highest BCUT2D eigenvalue weighted by Crippen LogP contribution is 2.36. The van der Waals surface area contributed by atoms with Gasteiger partial charge in [-0.25, -0.2) is 0 Å². The summed E-state index contributed by atoms with van der Waals surface area (Å²) in [6.07, 6.45) is 6.13. The lowest BCUT2D eigenvalue weighted by Crippen LogP contribution is -2.15. The minimum atomic E-state index is 0.434. The summed E-state index contributed by atoms with van der Waals surface area (Å²) in [5.74, 6) is 2.53. The molecule has 0 amide bonds. The molecule has 1 aliphatic rings. The standard InChI is InChI=1S/C23H24N4OS/c1-28-21-12-10-19(11-13-21)22-25-26-23(27(22)20-8-3-2-4-9-20)29-16-18-7-5-6-17(14-18)15-24/h5-7,10-14,20H,2-4,8-9,16H2,1H3. The molecule has 6 heteroatoms. The highest BCUT2D eigenvalue weighted by molar-refractivity contribution is 7.98. The van der Waals surface area contributed by atoms with Gasteiger partial charge in [0.1, 0.15) is 5.75 Å². The third-order valence-electron chi connectivity index (χ3n) is 5.38. The van der Waals surface area contributed by atoms with E-state index in [1.165, 1.54) is 32.1 Å². The highest BCUT2D eigenvalue weighted by atomic mass is 32.2. The number of rotatable bonds is 6. The van der Waals surface area contributed by atoms with E-state index in [2.05, 4.69) is 26.9 Å². The number of nitrogens with zero attached hydrogens (tertiary/aromatic N) is 4. The molecule has 0 bridgehead atoms. The Bertz CT molecular complexity index is 1000. The molecule has 0 N–H and O–H groups in total. The molecule has 0 atom stereocenters. The molecule has 148 valence electrons.